The third kappa shape index (κ3) is 3.87. The van der Waals surface area contributed by atoms with Gasteiger partial charge in [0.25, 0.3) is 0 Å². The number of thioether (sulfide) groups is 1. The predicted molar refractivity (Wildman–Crippen MR) is 66.1 cm³/mol. The third-order valence-corrected chi connectivity index (χ3v) is 4.07. The maximum Gasteiger partial charge on any atom is 0.363 e. The van der Waals surface area contributed by atoms with Crippen LogP contribution in [0.25, 0.3) is 0 Å². The Kier molecular flexibility index (Phi) is 5.35. The van der Waals surface area contributed by atoms with E-state index in [4.69, 9.17) is 5.11 Å². The van der Waals surface area contributed by atoms with E-state index in [-0.39, 0.29) is 5.25 Å². The average molecular weight is 240 g/mol. The highest BCUT2D eigenvalue weighted by atomic mass is 32.2. The Bertz CT molecular complexity index is 329. The molecular formula is C12H18NO2S+. The first-order valence-electron chi connectivity index (χ1n) is 5.36. The zero-order chi connectivity index (χ0) is 12.0. The fraction of sp³-hybridized carbons (Fsp3) is 0.417. The van der Waals surface area contributed by atoms with Gasteiger partial charge in [-0.25, -0.2) is 4.79 Å². The minimum atomic E-state index is -0.813. The van der Waals surface area contributed by atoms with Gasteiger partial charge in [-0.2, -0.15) is 0 Å². The number of aliphatic carboxylic acids is 1. The number of carbonyl (C=O) groups is 1. The highest BCUT2D eigenvalue weighted by Crippen LogP contribution is 2.21. The average Bonchev–Trinajstić information content (AvgIpc) is 2.30. The van der Waals surface area contributed by atoms with Crippen molar-refractivity contribution >= 4 is 17.7 Å². The molecule has 1 rings (SSSR count). The van der Waals surface area contributed by atoms with Crippen molar-refractivity contribution in [3.8, 4) is 0 Å². The molecule has 0 bridgehead atoms. The molecule has 16 heavy (non-hydrogen) atoms. The summed E-state index contributed by atoms with van der Waals surface area (Å²) < 4.78 is 0. The van der Waals surface area contributed by atoms with Crippen molar-refractivity contribution in [2.75, 3.05) is 0 Å². The molecule has 0 heterocycles. The van der Waals surface area contributed by atoms with Gasteiger partial charge in [0.15, 0.2) is 6.04 Å². The second kappa shape index (κ2) is 6.55. The van der Waals surface area contributed by atoms with Crippen molar-refractivity contribution in [3.63, 3.8) is 0 Å². The number of hydrogen-bond acceptors (Lipinski definition) is 2. The summed E-state index contributed by atoms with van der Waals surface area (Å²) in [5.74, 6) is 0.0333. The molecule has 1 aromatic carbocycles. The van der Waals surface area contributed by atoms with Crippen LogP contribution in [0.1, 0.15) is 18.9 Å². The maximum absolute atomic E-state index is 10.8. The summed E-state index contributed by atoms with van der Waals surface area (Å²) in [4.78, 5) is 10.8. The zero-order valence-electron chi connectivity index (χ0n) is 9.43. The Hall–Kier alpha value is -1.00. The highest BCUT2D eigenvalue weighted by Gasteiger charge is 2.26. The van der Waals surface area contributed by atoms with Crippen molar-refractivity contribution in [1.82, 2.24) is 0 Å². The van der Waals surface area contributed by atoms with Gasteiger partial charge in [0.2, 0.25) is 0 Å². The van der Waals surface area contributed by atoms with Crippen LogP contribution in [0.2, 0.25) is 0 Å². The zero-order valence-corrected chi connectivity index (χ0v) is 10.2. The Morgan fingerprint density at radius 2 is 2.06 bits per heavy atom. The van der Waals surface area contributed by atoms with E-state index >= 15 is 0 Å². The predicted octanol–water partition coefficient (Wildman–Crippen LogP) is 1.39. The van der Waals surface area contributed by atoms with Crippen LogP contribution in [0.15, 0.2) is 30.3 Å². The molecule has 0 fully saturated rings. The van der Waals surface area contributed by atoms with Gasteiger partial charge in [-0.15, -0.1) is 11.8 Å². The Morgan fingerprint density at radius 3 is 2.56 bits per heavy atom. The van der Waals surface area contributed by atoms with Crippen LogP contribution in [-0.4, -0.2) is 22.4 Å². The molecule has 4 heteroatoms. The molecule has 1 aromatic rings. The third-order valence-electron chi connectivity index (χ3n) is 2.48. The first-order chi connectivity index (χ1) is 7.65. The second-order valence-corrected chi connectivity index (χ2v) is 4.92. The van der Waals surface area contributed by atoms with E-state index in [1.807, 2.05) is 25.1 Å². The summed E-state index contributed by atoms with van der Waals surface area (Å²) in [6, 6.07) is 9.55. The first-order valence-corrected chi connectivity index (χ1v) is 6.41. The molecule has 0 radical (unpaired) electrons. The summed E-state index contributed by atoms with van der Waals surface area (Å²) in [5.41, 5.74) is 4.93. The summed E-state index contributed by atoms with van der Waals surface area (Å²) in [6.07, 6.45) is 0.831. The van der Waals surface area contributed by atoms with Crippen LogP contribution in [0.5, 0.6) is 0 Å². The van der Waals surface area contributed by atoms with Gasteiger partial charge in [-0.3, -0.25) is 0 Å². The molecule has 2 unspecified atom stereocenters. The highest BCUT2D eigenvalue weighted by molar-refractivity contribution is 7.99. The van der Waals surface area contributed by atoms with Crippen molar-refractivity contribution in [2.45, 2.75) is 30.4 Å². The van der Waals surface area contributed by atoms with Crippen molar-refractivity contribution in [3.05, 3.63) is 35.9 Å². The minimum Gasteiger partial charge on any atom is -0.477 e. The second-order valence-electron chi connectivity index (χ2n) is 3.69. The number of rotatable bonds is 6. The lowest BCUT2D eigenvalue weighted by Gasteiger charge is -2.15. The van der Waals surface area contributed by atoms with Gasteiger partial charge in [0, 0.05) is 5.75 Å². The minimum absolute atomic E-state index is 0.0812. The van der Waals surface area contributed by atoms with Crippen LogP contribution >= 0.6 is 11.8 Å². The summed E-state index contributed by atoms with van der Waals surface area (Å²) in [6.45, 7) is 2.00. The Balaban J connectivity index is 2.49. The molecule has 0 aromatic heterocycles. The van der Waals surface area contributed by atoms with Crippen LogP contribution < -0.4 is 5.73 Å². The van der Waals surface area contributed by atoms with E-state index in [0.29, 0.717) is 0 Å². The number of carboxylic acids is 1. The van der Waals surface area contributed by atoms with Gasteiger partial charge in [0.1, 0.15) is 0 Å². The molecule has 2 atom stereocenters. The van der Waals surface area contributed by atoms with Crippen molar-refractivity contribution in [1.29, 1.82) is 0 Å². The topological polar surface area (TPSA) is 64.9 Å². The summed E-state index contributed by atoms with van der Waals surface area (Å²) in [7, 11) is 0. The van der Waals surface area contributed by atoms with Crippen molar-refractivity contribution < 1.29 is 15.6 Å². The fourth-order valence-corrected chi connectivity index (χ4v) is 2.64. The van der Waals surface area contributed by atoms with Gasteiger partial charge in [-0.05, 0) is 12.0 Å². The number of benzene rings is 1. The molecule has 0 saturated heterocycles. The van der Waals surface area contributed by atoms with E-state index in [1.54, 1.807) is 11.8 Å². The Labute approximate surface area is 100 Å². The number of carboxylic acid groups (broad SMARTS) is 1. The molecular weight excluding hydrogens is 222 g/mol. The molecule has 0 spiro atoms. The lowest BCUT2D eigenvalue weighted by atomic mass is 10.2. The van der Waals surface area contributed by atoms with Gasteiger partial charge < -0.3 is 10.8 Å². The van der Waals surface area contributed by atoms with Gasteiger partial charge >= 0.3 is 5.97 Å². The number of hydrogen-bond donors (Lipinski definition) is 2. The molecule has 0 amide bonds. The van der Waals surface area contributed by atoms with Crippen LogP contribution in [0, 0.1) is 0 Å². The quantitative estimate of drug-likeness (QED) is 0.790. The number of quaternary nitrogens is 1. The van der Waals surface area contributed by atoms with Crippen LogP contribution in [0.4, 0.5) is 0 Å². The lowest BCUT2D eigenvalue weighted by molar-refractivity contribution is -0.407. The van der Waals surface area contributed by atoms with E-state index in [0.717, 1.165) is 12.2 Å². The largest absolute Gasteiger partial charge is 0.477 e. The van der Waals surface area contributed by atoms with Crippen LogP contribution in [0.3, 0.4) is 0 Å². The van der Waals surface area contributed by atoms with Gasteiger partial charge in [0.05, 0.1) is 5.25 Å². The lowest BCUT2D eigenvalue weighted by Crippen LogP contribution is -2.69. The molecule has 0 aliphatic heterocycles. The van der Waals surface area contributed by atoms with Crippen molar-refractivity contribution in [2.24, 2.45) is 0 Å². The molecule has 4 N–H and O–H groups in total. The molecule has 0 aliphatic rings. The smallest absolute Gasteiger partial charge is 0.363 e. The molecule has 3 nitrogen and oxygen atoms in total. The summed E-state index contributed by atoms with van der Waals surface area (Å²) in [5, 5.41) is 8.99. The van der Waals surface area contributed by atoms with E-state index < -0.39 is 12.0 Å². The first kappa shape index (κ1) is 13.1. The Morgan fingerprint density at radius 1 is 1.44 bits per heavy atom. The van der Waals surface area contributed by atoms with Gasteiger partial charge in [-0.1, -0.05) is 37.3 Å². The maximum atomic E-state index is 10.8. The molecule has 0 aliphatic carbocycles. The van der Waals surface area contributed by atoms with E-state index in [1.165, 1.54) is 5.56 Å². The van der Waals surface area contributed by atoms with E-state index in [9.17, 15) is 4.79 Å². The van der Waals surface area contributed by atoms with E-state index in [2.05, 4.69) is 17.9 Å². The normalized spacial score (nSPS) is 14.4. The molecule has 0 saturated carbocycles. The monoisotopic (exact) mass is 240 g/mol. The SMILES string of the molecule is CCC(SCc1ccccc1)C([NH3+])C(=O)O. The van der Waals surface area contributed by atoms with Crippen LogP contribution in [-0.2, 0) is 10.5 Å². The fourth-order valence-electron chi connectivity index (χ4n) is 1.46. The summed E-state index contributed by atoms with van der Waals surface area (Å²) >= 11 is 1.67. The standard InChI is InChI=1S/C12H17NO2S/c1-2-10(11(13)12(14)15)16-8-9-6-4-3-5-7-9/h3-7,10-11H,2,8,13H2,1H3,(H,14,15)/p+1. The molecule has 88 valence electrons.